The lowest BCUT2D eigenvalue weighted by molar-refractivity contribution is 0.158. The first kappa shape index (κ1) is 35.1. The smallest absolute Gasteiger partial charge is 0.411 e. The van der Waals surface area contributed by atoms with Crippen LogP contribution in [0.15, 0.2) is 24.3 Å². The zero-order chi connectivity index (χ0) is 32.2. The van der Waals surface area contributed by atoms with Crippen molar-refractivity contribution in [1.29, 1.82) is 0 Å². The number of benzene rings is 2. The van der Waals surface area contributed by atoms with Gasteiger partial charge in [-0.25, -0.2) is 9.59 Å². The number of carbonyl (C=O) groups excluding carboxylic acids is 2. The van der Waals surface area contributed by atoms with Gasteiger partial charge in [-0.15, -0.1) is 0 Å². The third-order valence-electron chi connectivity index (χ3n) is 5.92. The second-order valence-electron chi connectivity index (χ2n) is 8.87. The lowest BCUT2D eigenvalue weighted by Crippen LogP contribution is -2.14. The Labute approximate surface area is 258 Å². The molecule has 2 amide bonds. The highest BCUT2D eigenvalue weighted by atomic mass is 16.6. The summed E-state index contributed by atoms with van der Waals surface area (Å²) >= 11 is 0. The van der Waals surface area contributed by atoms with Gasteiger partial charge in [0.05, 0.1) is 67.2 Å². The lowest BCUT2D eigenvalue weighted by atomic mass is 10.2. The van der Waals surface area contributed by atoms with Crippen LogP contribution >= 0.6 is 0 Å². The maximum absolute atomic E-state index is 12.1. The highest BCUT2D eigenvalue weighted by Gasteiger charge is 2.16. The van der Waals surface area contributed by atoms with Crippen molar-refractivity contribution >= 4 is 23.6 Å². The summed E-state index contributed by atoms with van der Waals surface area (Å²) in [4.78, 5) is 24.2. The maximum Gasteiger partial charge on any atom is 0.411 e. The van der Waals surface area contributed by atoms with Crippen molar-refractivity contribution < 1.29 is 47.5 Å². The highest BCUT2D eigenvalue weighted by Crippen LogP contribution is 2.41. The molecule has 0 heterocycles. The fourth-order valence-corrected chi connectivity index (χ4v) is 3.79. The van der Waals surface area contributed by atoms with Crippen molar-refractivity contribution in [1.82, 2.24) is 0 Å². The molecule has 0 radical (unpaired) electrons. The summed E-state index contributed by atoms with van der Waals surface area (Å²) in [6.07, 6.45) is 2.98. The van der Waals surface area contributed by atoms with Crippen molar-refractivity contribution in [3.8, 4) is 58.2 Å². The molecule has 12 heteroatoms. The van der Waals surface area contributed by atoms with Gasteiger partial charge in [0.1, 0.15) is 0 Å². The molecule has 44 heavy (non-hydrogen) atoms. The molecule has 0 fully saturated rings. The van der Waals surface area contributed by atoms with E-state index in [1.807, 2.05) is 0 Å². The van der Waals surface area contributed by atoms with E-state index in [2.05, 4.69) is 34.3 Å². The summed E-state index contributed by atoms with van der Waals surface area (Å²) in [7, 11) is 9.00. The van der Waals surface area contributed by atoms with Gasteiger partial charge < -0.3 is 37.9 Å². The molecular weight excluding hydrogens is 572 g/mol. The normalized spacial score (nSPS) is 9.68. The largest absolute Gasteiger partial charge is 0.493 e. The van der Waals surface area contributed by atoms with Gasteiger partial charge in [-0.3, -0.25) is 10.6 Å². The molecule has 0 aromatic heterocycles. The third kappa shape index (κ3) is 11.6. The number of methoxy groups -OCH3 is 6. The number of ether oxygens (including phenoxy) is 8. The van der Waals surface area contributed by atoms with Crippen LogP contribution in [0.25, 0.3) is 0 Å². The summed E-state index contributed by atoms with van der Waals surface area (Å²) in [5.74, 6) is 14.2. The number of amides is 2. The molecule has 238 valence electrons. The van der Waals surface area contributed by atoms with Crippen molar-refractivity contribution in [2.75, 3.05) is 66.5 Å². The number of rotatable bonds is 16. The van der Waals surface area contributed by atoms with E-state index >= 15 is 0 Å². The predicted octanol–water partition coefficient (Wildman–Crippen LogP) is 5.88. The first-order valence-electron chi connectivity index (χ1n) is 13.8. The van der Waals surface area contributed by atoms with E-state index in [0.717, 1.165) is 12.8 Å². The number of hydrogen-bond acceptors (Lipinski definition) is 10. The van der Waals surface area contributed by atoms with Gasteiger partial charge in [0.25, 0.3) is 0 Å². The highest BCUT2D eigenvalue weighted by molar-refractivity contribution is 5.86. The van der Waals surface area contributed by atoms with E-state index in [1.165, 1.54) is 42.7 Å². The number of hydrogen-bond donors (Lipinski definition) is 2. The molecule has 2 N–H and O–H groups in total. The minimum Gasteiger partial charge on any atom is -0.493 e. The maximum atomic E-state index is 12.1. The molecule has 12 nitrogen and oxygen atoms in total. The molecule has 0 unspecified atom stereocenters. The minimum atomic E-state index is -0.583. The van der Waals surface area contributed by atoms with Crippen LogP contribution in [-0.2, 0) is 9.47 Å². The lowest BCUT2D eigenvalue weighted by Gasteiger charge is -2.14. The van der Waals surface area contributed by atoms with Crippen molar-refractivity contribution in [3.63, 3.8) is 0 Å². The molecule has 2 rings (SSSR count). The molecule has 2 aromatic rings. The van der Waals surface area contributed by atoms with E-state index in [0.29, 0.717) is 71.6 Å². The van der Waals surface area contributed by atoms with Crippen LogP contribution in [0.3, 0.4) is 0 Å². The fraction of sp³-hybridized carbons (Fsp3) is 0.438. The van der Waals surface area contributed by atoms with E-state index in [4.69, 9.17) is 37.9 Å². The first-order chi connectivity index (χ1) is 21.4. The van der Waals surface area contributed by atoms with Crippen LogP contribution in [0.2, 0.25) is 0 Å². The fourth-order valence-electron chi connectivity index (χ4n) is 3.79. The average Bonchev–Trinajstić information content (AvgIpc) is 3.03. The van der Waals surface area contributed by atoms with Crippen LogP contribution in [0.1, 0.15) is 38.5 Å². The van der Waals surface area contributed by atoms with E-state index in [9.17, 15) is 9.59 Å². The van der Waals surface area contributed by atoms with E-state index in [1.54, 1.807) is 24.3 Å². The van der Waals surface area contributed by atoms with Crippen LogP contribution in [0, 0.1) is 23.7 Å². The van der Waals surface area contributed by atoms with Crippen molar-refractivity contribution in [2.45, 2.75) is 38.5 Å². The molecule has 0 saturated heterocycles. The zero-order valence-corrected chi connectivity index (χ0v) is 26.0. The van der Waals surface area contributed by atoms with Gasteiger partial charge >= 0.3 is 12.2 Å². The Morgan fingerprint density at radius 2 is 0.886 bits per heavy atom. The second-order valence-corrected chi connectivity index (χ2v) is 8.87. The van der Waals surface area contributed by atoms with Crippen LogP contribution in [0.5, 0.6) is 34.5 Å². The molecule has 0 aliphatic rings. The summed E-state index contributed by atoms with van der Waals surface area (Å²) in [6, 6.07) is 6.47. The molecule has 0 aliphatic heterocycles. The number of carbonyl (C=O) groups is 2. The molecule has 0 bridgehead atoms. The summed E-state index contributed by atoms with van der Waals surface area (Å²) < 4.78 is 42.1. The minimum absolute atomic E-state index is 0.256. The summed E-state index contributed by atoms with van der Waals surface area (Å²) in [6.45, 7) is 0.512. The molecule has 0 saturated carbocycles. The Morgan fingerprint density at radius 3 is 1.18 bits per heavy atom. The number of nitrogens with one attached hydrogen (secondary N) is 2. The Bertz CT molecular complexity index is 1200. The number of unbranched alkanes of at least 4 members (excludes halogenated alkanes) is 4. The SMILES string of the molecule is COc1cc(NC(=O)OCCCCC#CC#CCCCCOC(=O)Nc2cc(OC)c(OC)c(OC)c2)cc(OC)c1OC. The van der Waals surface area contributed by atoms with E-state index in [-0.39, 0.29) is 13.2 Å². The van der Waals surface area contributed by atoms with Crippen molar-refractivity contribution in [3.05, 3.63) is 24.3 Å². The van der Waals surface area contributed by atoms with Gasteiger partial charge in [-0.2, -0.15) is 0 Å². The Morgan fingerprint density at radius 1 is 0.545 bits per heavy atom. The van der Waals surface area contributed by atoms with Gasteiger partial charge in [0.2, 0.25) is 11.5 Å². The molecule has 2 aromatic carbocycles. The molecular formula is C32H40N2O10. The van der Waals surface area contributed by atoms with E-state index < -0.39 is 12.2 Å². The Hall–Kier alpha value is -5.10. The standard InChI is InChI=1S/C32H40N2O10/c1-37-25-19-23(20-26(38-2)29(25)41-5)33-31(35)43-17-15-13-11-9-7-8-10-12-14-16-18-44-32(36)34-24-21-27(39-3)30(42-6)28(22-24)40-4/h19-22H,11-18H2,1-6H3,(H,33,35)(H,34,36). The summed E-state index contributed by atoms with van der Waals surface area (Å²) in [5.41, 5.74) is 0.916. The first-order valence-corrected chi connectivity index (χ1v) is 13.8. The van der Waals surface area contributed by atoms with Gasteiger partial charge in [0.15, 0.2) is 23.0 Å². The van der Waals surface area contributed by atoms with Gasteiger partial charge in [-0.1, -0.05) is 11.8 Å². The van der Waals surface area contributed by atoms with Crippen LogP contribution < -0.4 is 39.1 Å². The number of anilines is 2. The summed E-state index contributed by atoms with van der Waals surface area (Å²) in [5, 5.41) is 5.30. The second kappa shape index (κ2) is 19.9. The Balaban J connectivity index is 1.57. The molecule has 0 spiro atoms. The van der Waals surface area contributed by atoms with Gasteiger partial charge in [-0.05, 0) is 37.5 Å². The Kier molecular flexibility index (Phi) is 15.9. The average molecular weight is 613 g/mol. The molecule has 0 aliphatic carbocycles. The predicted molar refractivity (Wildman–Crippen MR) is 165 cm³/mol. The van der Waals surface area contributed by atoms with Crippen LogP contribution in [-0.4, -0.2) is 68.1 Å². The van der Waals surface area contributed by atoms with Crippen LogP contribution in [0.4, 0.5) is 21.0 Å². The quantitative estimate of drug-likeness (QED) is 0.175. The molecule has 0 atom stereocenters. The van der Waals surface area contributed by atoms with Gasteiger partial charge in [0, 0.05) is 37.1 Å². The zero-order valence-electron chi connectivity index (χ0n) is 26.0. The van der Waals surface area contributed by atoms with Crippen molar-refractivity contribution in [2.24, 2.45) is 0 Å². The third-order valence-corrected chi connectivity index (χ3v) is 5.92. The monoisotopic (exact) mass is 612 g/mol. The topological polar surface area (TPSA) is 132 Å².